The maximum atomic E-state index is 13.0. The van der Waals surface area contributed by atoms with Gasteiger partial charge in [-0.25, -0.2) is 4.79 Å². The average Bonchev–Trinajstić information content (AvgIpc) is 2.62. The lowest BCUT2D eigenvalue weighted by Crippen LogP contribution is -2.40. The molecule has 0 radical (unpaired) electrons. The van der Waals surface area contributed by atoms with E-state index < -0.39 is 35.2 Å². The predicted molar refractivity (Wildman–Crippen MR) is 97.3 cm³/mol. The van der Waals surface area contributed by atoms with E-state index in [1.165, 1.54) is 38.3 Å². The first-order valence-electron chi connectivity index (χ1n) is 9.41. The van der Waals surface area contributed by atoms with Gasteiger partial charge in [0.05, 0.1) is 17.7 Å². The second kappa shape index (κ2) is 11.6. The molecule has 0 heterocycles. The van der Waals surface area contributed by atoms with Gasteiger partial charge in [0, 0.05) is 0 Å². The van der Waals surface area contributed by atoms with Crippen LogP contribution < -0.4 is 5.32 Å². The summed E-state index contributed by atoms with van der Waals surface area (Å²) in [6.45, 7) is 3.79. The molecule has 1 rings (SSSR count). The number of ether oxygens (including phenoxy) is 1. The van der Waals surface area contributed by atoms with Crippen LogP contribution in [0.5, 0.6) is 0 Å². The van der Waals surface area contributed by atoms with Gasteiger partial charge in [-0.1, -0.05) is 57.6 Å². The standard InChI is InChI=1S/C20H28F3NO3/c1-3-4-5-6-7-8-11-14-27-19(26)15(2)24-18(25)16-12-9-10-13-17(16)20(21,22)23/h9-10,12-13,15H,3-8,11,14H2,1-2H3,(H,24,25). The minimum absolute atomic E-state index is 0.242. The zero-order valence-corrected chi connectivity index (χ0v) is 15.9. The van der Waals surface area contributed by atoms with Gasteiger partial charge in [-0.15, -0.1) is 0 Å². The van der Waals surface area contributed by atoms with Crippen molar-refractivity contribution in [2.45, 2.75) is 71.0 Å². The molecule has 0 bridgehead atoms. The van der Waals surface area contributed by atoms with Gasteiger partial charge < -0.3 is 10.1 Å². The van der Waals surface area contributed by atoms with Crippen LogP contribution in [0.1, 0.15) is 74.7 Å². The Balaban J connectivity index is 2.40. The van der Waals surface area contributed by atoms with E-state index in [0.29, 0.717) is 0 Å². The number of nitrogens with one attached hydrogen (secondary N) is 1. The number of benzene rings is 1. The van der Waals surface area contributed by atoms with Gasteiger partial charge in [0.2, 0.25) is 0 Å². The molecule has 4 nitrogen and oxygen atoms in total. The number of carbonyl (C=O) groups excluding carboxylic acids is 2. The third kappa shape index (κ3) is 8.45. The Morgan fingerprint density at radius 2 is 1.63 bits per heavy atom. The Morgan fingerprint density at radius 3 is 2.26 bits per heavy atom. The number of alkyl halides is 3. The van der Waals surface area contributed by atoms with Crippen LogP contribution in [0.15, 0.2) is 24.3 Å². The van der Waals surface area contributed by atoms with Gasteiger partial charge in [-0.3, -0.25) is 4.79 Å². The lowest BCUT2D eigenvalue weighted by Gasteiger charge is -2.16. The van der Waals surface area contributed by atoms with E-state index in [2.05, 4.69) is 12.2 Å². The van der Waals surface area contributed by atoms with E-state index in [-0.39, 0.29) is 6.61 Å². The predicted octanol–water partition coefficient (Wildman–Crippen LogP) is 5.12. The quantitative estimate of drug-likeness (QED) is 0.424. The molecule has 0 aromatic heterocycles. The SMILES string of the molecule is CCCCCCCCCOC(=O)C(C)NC(=O)c1ccccc1C(F)(F)F. The highest BCUT2D eigenvalue weighted by Crippen LogP contribution is 2.31. The van der Waals surface area contributed by atoms with E-state index in [0.717, 1.165) is 37.8 Å². The molecule has 1 aromatic carbocycles. The molecular formula is C20H28F3NO3. The molecule has 1 atom stereocenters. The molecule has 0 spiro atoms. The summed E-state index contributed by atoms with van der Waals surface area (Å²) in [6, 6.07) is 3.43. The van der Waals surface area contributed by atoms with Crippen LogP contribution in [-0.4, -0.2) is 24.5 Å². The largest absolute Gasteiger partial charge is 0.464 e. The molecule has 27 heavy (non-hydrogen) atoms. The molecule has 152 valence electrons. The van der Waals surface area contributed by atoms with Gasteiger partial charge in [0.1, 0.15) is 6.04 Å². The smallest absolute Gasteiger partial charge is 0.417 e. The number of rotatable bonds is 11. The number of hydrogen-bond acceptors (Lipinski definition) is 3. The normalized spacial score (nSPS) is 12.5. The fourth-order valence-electron chi connectivity index (χ4n) is 2.62. The van der Waals surface area contributed by atoms with E-state index in [1.54, 1.807) is 0 Å². The lowest BCUT2D eigenvalue weighted by atomic mass is 10.1. The van der Waals surface area contributed by atoms with Gasteiger partial charge in [-0.2, -0.15) is 13.2 Å². The first-order valence-corrected chi connectivity index (χ1v) is 9.41. The van der Waals surface area contributed by atoms with Crippen LogP contribution in [0.3, 0.4) is 0 Å². The van der Waals surface area contributed by atoms with Crippen molar-refractivity contribution in [3.63, 3.8) is 0 Å². The maximum absolute atomic E-state index is 13.0. The second-order valence-electron chi connectivity index (χ2n) is 6.53. The topological polar surface area (TPSA) is 55.4 Å². The van der Waals surface area contributed by atoms with Crippen molar-refractivity contribution in [3.8, 4) is 0 Å². The Morgan fingerprint density at radius 1 is 1.04 bits per heavy atom. The Bertz CT molecular complexity index is 602. The summed E-state index contributed by atoms with van der Waals surface area (Å²) in [6.07, 6.45) is 2.91. The molecule has 0 aliphatic heterocycles. The minimum atomic E-state index is -4.64. The van der Waals surface area contributed by atoms with E-state index in [4.69, 9.17) is 4.74 Å². The van der Waals surface area contributed by atoms with Crippen molar-refractivity contribution in [1.82, 2.24) is 5.32 Å². The minimum Gasteiger partial charge on any atom is -0.464 e. The highest BCUT2D eigenvalue weighted by atomic mass is 19.4. The number of esters is 1. The monoisotopic (exact) mass is 387 g/mol. The summed E-state index contributed by atoms with van der Waals surface area (Å²) < 4.78 is 44.0. The zero-order valence-electron chi connectivity index (χ0n) is 15.9. The fraction of sp³-hybridized carbons (Fsp3) is 0.600. The third-order valence-corrected chi connectivity index (χ3v) is 4.17. The molecule has 1 unspecified atom stereocenters. The zero-order chi connectivity index (χ0) is 20.3. The molecule has 1 N–H and O–H groups in total. The number of hydrogen-bond donors (Lipinski definition) is 1. The van der Waals surface area contributed by atoms with Gasteiger partial charge >= 0.3 is 12.1 Å². The van der Waals surface area contributed by atoms with E-state index in [9.17, 15) is 22.8 Å². The second-order valence-corrected chi connectivity index (χ2v) is 6.53. The van der Waals surface area contributed by atoms with Crippen LogP contribution in [0.4, 0.5) is 13.2 Å². The first kappa shape index (κ1) is 23.0. The van der Waals surface area contributed by atoms with E-state index in [1.807, 2.05) is 0 Å². The van der Waals surface area contributed by atoms with Crippen LogP contribution >= 0.6 is 0 Å². The number of unbranched alkanes of at least 4 members (excludes halogenated alkanes) is 6. The van der Waals surface area contributed by atoms with Crippen molar-refractivity contribution < 1.29 is 27.5 Å². The Hall–Kier alpha value is -2.05. The lowest BCUT2D eigenvalue weighted by molar-refractivity contribution is -0.145. The molecule has 7 heteroatoms. The molecule has 1 aromatic rings. The third-order valence-electron chi connectivity index (χ3n) is 4.17. The molecule has 1 amide bonds. The van der Waals surface area contributed by atoms with Crippen LogP contribution in [0.2, 0.25) is 0 Å². The fourth-order valence-corrected chi connectivity index (χ4v) is 2.62. The highest BCUT2D eigenvalue weighted by Gasteiger charge is 2.35. The van der Waals surface area contributed by atoms with Crippen molar-refractivity contribution in [3.05, 3.63) is 35.4 Å². The summed E-state index contributed by atoms with van der Waals surface area (Å²) in [5, 5.41) is 2.27. The van der Waals surface area contributed by atoms with Crippen LogP contribution in [0, 0.1) is 0 Å². The van der Waals surface area contributed by atoms with Gasteiger partial charge in [-0.05, 0) is 25.5 Å². The maximum Gasteiger partial charge on any atom is 0.417 e. The summed E-state index contributed by atoms with van der Waals surface area (Å²) in [5.41, 5.74) is -1.55. The Kier molecular flexibility index (Phi) is 9.89. The van der Waals surface area contributed by atoms with Crippen molar-refractivity contribution >= 4 is 11.9 Å². The average molecular weight is 387 g/mol. The summed E-state index contributed by atoms with van der Waals surface area (Å²) >= 11 is 0. The van der Waals surface area contributed by atoms with Crippen molar-refractivity contribution in [2.24, 2.45) is 0 Å². The van der Waals surface area contributed by atoms with Gasteiger partial charge in [0.25, 0.3) is 5.91 Å². The van der Waals surface area contributed by atoms with Crippen LogP contribution in [-0.2, 0) is 15.7 Å². The van der Waals surface area contributed by atoms with Crippen molar-refractivity contribution in [2.75, 3.05) is 6.61 Å². The van der Waals surface area contributed by atoms with Crippen molar-refractivity contribution in [1.29, 1.82) is 0 Å². The number of halogens is 3. The van der Waals surface area contributed by atoms with Crippen LogP contribution in [0.25, 0.3) is 0 Å². The highest BCUT2D eigenvalue weighted by molar-refractivity contribution is 5.98. The first-order chi connectivity index (χ1) is 12.8. The Labute approximate surface area is 158 Å². The molecule has 0 saturated heterocycles. The molecular weight excluding hydrogens is 359 g/mol. The molecule has 0 fully saturated rings. The molecule has 0 aliphatic carbocycles. The number of amides is 1. The summed E-state index contributed by atoms with van der Waals surface area (Å²) in [5.74, 6) is -1.61. The number of carbonyl (C=O) groups is 2. The summed E-state index contributed by atoms with van der Waals surface area (Å²) in [7, 11) is 0. The van der Waals surface area contributed by atoms with Gasteiger partial charge in [0.15, 0.2) is 0 Å². The summed E-state index contributed by atoms with van der Waals surface area (Å²) in [4.78, 5) is 24.0. The van der Waals surface area contributed by atoms with E-state index >= 15 is 0 Å². The molecule has 0 aliphatic rings. The molecule has 0 saturated carbocycles.